The highest BCUT2D eigenvalue weighted by atomic mass is 16.5. The molecular weight excluding hydrogens is 298 g/mol. The summed E-state index contributed by atoms with van der Waals surface area (Å²) in [6, 6.07) is 16.5. The zero-order valence-electron chi connectivity index (χ0n) is 15.0. The maximum Gasteiger partial charge on any atom is 0.260 e. The number of rotatable bonds is 7. The molecule has 3 heteroatoms. The first-order chi connectivity index (χ1) is 11.5. The van der Waals surface area contributed by atoms with Crippen LogP contribution in [0.3, 0.4) is 0 Å². The van der Waals surface area contributed by atoms with Crippen LogP contribution in [0.2, 0.25) is 0 Å². The summed E-state index contributed by atoms with van der Waals surface area (Å²) in [5, 5.41) is 3.04. The minimum absolute atomic E-state index is 0.0727. The molecule has 2 atom stereocenters. The smallest absolute Gasteiger partial charge is 0.260 e. The third-order valence-electron chi connectivity index (χ3n) is 4.11. The molecule has 2 aromatic rings. The van der Waals surface area contributed by atoms with E-state index in [9.17, 15) is 4.79 Å². The van der Waals surface area contributed by atoms with Gasteiger partial charge >= 0.3 is 0 Å². The highest BCUT2D eigenvalue weighted by Gasteiger charge is 2.17. The topological polar surface area (TPSA) is 38.3 Å². The van der Waals surface area contributed by atoms with Crippen LogP contribution >= 0.6 is 0 Å². The van der Waals surface area contributed by atoms with Crippen molar-refractivity contribution in [2.45, 2.75) is 52.7 Å². The van der Waals surface area contributed by atoms with Crippen LogP contribution in [0.15, 0.2) is 48.5 Å². The molecular formula is C21H27NO2. The van der Waals surface area contributed by atoms with Gasteiger partial charge in [-0.15, -0.1) is 0 Å². The van der Waals surface area contributed by atoms with E-state index < -0.39 is 6.10 Å². The van der Waals surface area contributed by atoms with E-state index in [1.165, 1.54) is 5.56 Å². The zero-order chi connectivity index (χ0) is 17.5. The van der Waals surface area contributed by atoms with Crippen molar-refractivity contribution in [3.63, 3.8) is 0 Å². The van der Waals surface area contributed by atoms with Gasteiger partial charge in [-0.2, -0.15) is 0 Å². The third kappa shape index (κ3) is 5.41. The van der Waals surface area contributed by atoms with Crippen molar-refractivity contribution >= 4 is 5.91 Å². The van der Waals surface area contributed by atoms with Gasteiger partial charge < -0.3 is 10.1 Å². The number of aryl methyl sites for hydroxylation is 3. The molecule has 1 N–H and O–H groups in total. The Hall–Kier alpha value is -2.29. The normalized spacial score (nSPS) is 13.2. The second-order valence-electron chi connectivity index (χ2n) is 6.46. The lowest BCUT2D eigenvalue weighted by Crippen LogP contribution is -2.41. The van der Waals surface area contributed by atoms with Gasteiger partial charge in [0.15, 0.2) is 6.10 Å². The van der Waals surface area contributed by atoms with Gasteiger partial charge in [0.1, 0.15) is 5.75 Å². The second-order valence-corrected chi connectivity index (χ2v) is 6.46. The molecule has 2 rings (SSSR count). The van der Waals surface area contributed by atoms with Gasteiger partial charge in [0, 0.05) is 6.04 Å². The van der Waals surface area contributed by atoms with Crippen molar-refractivity contribution in [2.75, 3.05) is 0 Å². The fourth-order valence-corrected chi connectivity index (χ4v) is 2.54. The van der Waals surface area contributed by atoms with E-state index in [1.54, 1.807) is 6.92 Å². The number of carbonyl (C=O) groups excluding carboxylic acids is 1. The Balaban J connectivity index is 1.83. The summed E-state index contributed by atoms with van der Waals surface area (Å²) in [4.78, 5) is 12.3. The molecule has 0 aliphatic heterocycles. The Bertz CT molecular complexity index is 667. The van der Waals surface area contributed by atoms with Crippen LogP contribution in [0, 0.1) is 13.8 Å². The summed E-state index contributed by atoms with van der Waals surface area (Å²) >= 11 is 0. The summed E-state index contributed by atoms with van der Waals surface area (Å²) in [5.74, 6) is 0.700. The first kappa shape index (κ1) is 18.1. The number of benzene rings is 2. The molecule has 3 nitrogen and oxygen atoms in total. The van der Waals surface area contributed by atoms with E-state index in [2.05, 4.69) is 17.4 Å². The monoisotopic (exact) mass is 325 g/mol. The minimum atomic E-state index is -0.510. The van der Waals surface area contributed by atoms with E-state index in [-0.39, 0.29) is 11.9 Å². The van der Waals surface area contributed by atoms with Crippen LogP contribution in [0.25, 0.3) is 0 Å². The molecule has 0 aliphatic carbocycles. The molecule has 0 aliphatic rings. The molecule has 1 amide bonds. The lowest BCUT2D eigenvalue weighted by molar-refractivity contribution is -0.127. The molecule has 0 fully saturated rings. The van der Waals surface area contributed by atoms with Gasteiger partial charge in [0.05, 0.1) is 0 Å². The maximum absolute atomic E-state index is 12.3. The molecule has 0 saturated heterocycles. The average molecular weight is 325 g/mol. The summed E-state index contributed by atoms with van der Waals surface area (Å²) in [6.07, 6.45) is 1.35. The van der Waals surface area contributed by atoms with Crippen molar-refractivity contribution in [1.29, 1.82) is 0 Å². The van der Waals surface area contributed by atoms with Crippen molar-refractivity contribution in [3.05, 3.63) is 65.2 Å². The Morgan fingerprint density at radius 2 is 1.79 bits per heavy atom. The quantitative estimate of drug-likeness (QED) is 0.828. The Morgan fingerprint density at radius 3 is 2.50 bits per heavy atom. The van der Waals surface area contributed by atoms with E-state index in [4.69, 9.17) is 4.74 Å². The van der Waals surface area contributed by atoms with E-state index in [1.807, 2.05) is 57.2 Å². The largest absolute Gasteiger partial charge is 0.481 e. The fourth-order valence-electron chi connectivity index (χ4n) is 2.54. The van der Waals surface area contributed by atoms with Crippen LogP contribution < -0.4 is 10.1 Å². The van der Waals surface area contributed by atoms with Gasteiger partial charge in [-0.3, -0.25) is 4.79 Å². The molecule has 24 heavy (non-hydrogen) atoms. The van der Waals surface area contributed by atoms with Crippen LogP contribution in [-0.2, 0) is 11.2 Å². The predicted molar refractivity (Wildman–Crippen MR) is 98.4 cm³/mol. The van der Waals surface area contributed by atoms with Crippen LogP contribution in [0.5, 0.6) is 5.75 Å². The minimum Gasteiger partial charge on any atom is -0.481 e. The molecule has 0 aromatic heterocycles. The van der Waals surface area contributed by atoms with Gasteiger partial charge in [-0.05, 0) is 63.3 Å². The number of amides is 1. The van der Waals surface area contributed by atoms with Crippen molar-refractivity contribution < 1.29 is 9.53 Å². The molecule has 0 spiro atoms. The molecule has 2 unspecified atom stereocenters. The van der Waals surface area contributed by atoms with Crippen molar-refractivity contribution in [3.8, 4) is 5.75 Å². The van der Waals surface area contributed by atoms with Crippen molar-refractivity contribution in [1.82, 2.24) is 5.32 Å². The lowest BCUT2D eigenvalue weighted by Gasteiger charge is -2.20. The summed E-state index contributed by atoms with van der Waals surface area (Å²) in [6.45, 7) is 7.83. The van der Waals surface area contributed by atoms with Gasteiger partial charge in [-0.25, -0.2) is 0 Å². The Kier molecular flexibility index (Phi) is 6.42. The Labute approximate surface area is 145 Å². The first-order valence-corrected chi connectivity index (χ1v) is 8.54. The summed E-state index contributed by atoms with van der Waals surface area (Å²) < 4.78 is 5.84. The number of hydrogen-bond donors (Lipinski definition) is 1. The number of nitrogens with one attached hydrogen (secondary N) is 1. The number of carbonyl (C=O) groups is 1. The molecule has 0 heterocycles. The second kappa shape index (κ2) is 8.53. The van der Waals surface area contributed by atoms with Gasteiger partial charge in [0.2, 0.25) is 0 Å². The van der Waals surface area contributed by atoms with E-state index >= 15 is 0 Å². The van der Waals surface area contributed by atoms with Gasteiger partial charge in [-0.1, -0.05) is 42.5 Å². The molecule has 0 radical (unpaired) electrons. The molecule has 128 valence electrons. The predicted octanol–water partition coefficient (Wildman–Crippen LogP) is 4.21. The molecule has 2 aromatic carbocycles. The average Bonchev–Trinajstić information content (AvgIpc) is 2.57. The third-order valence-corrected chi connectivity index (χ3v) is 4.11. The highest BCUT2D eigenvalue weighted by Crippen LogP contribution is 2.20. The number of hydrogen-bond acceptors (Lipinski definition) is 2. The van der Waals surface area contributed by atoms with E-state index in [0.29, 0.717) is 0 Å². The zero-order valence-corrected chi connectivity index (χ0v) is 15.0. The van der Waals surface area contributed by atoms with Crippen LogP contribution in [0.1, 0.15) is 37.0 Å². The Morgan fingerprint density at radius 1 is 1.08 bits per heavy atom. The van der Waals surface area contributed by atoms with E-state index in [0.717, 1.165) is 29.7 Å². The number of ether oxygens (including phenoxy) is 1. The first-order valence-electron chi connectivity index (χ1n) is 8.54. The summed E-state index contributed by atoms with van der Waals surface area (Å²) in [7, 11) is 0. The fraction of sp³-hybridized carbons (Fsp3) is 0.381. The lowest BCUT2D eigenvalue weighted by atomic mass is 10.1. The maximum atomic E-state index is 12.3. The van der Waals surface area contributed by atoms with Crippen molar-refractivity contribution in [2.24, 2.45) is 0 Å². The highest BCUT2D eigenvalue weighted by molar-refractivity contribution is 5.81. The van der Waals surface area contributed by atoms with Crippen LogP contribution in [0.4, 0.5) is 0 Å². The molecule has 0 saturated carbocycles. The SMILES string of the molecule is Cc1ccc(C)c(OC(C)C(=O)NC(C)CCc2ccccc2)c1. The summed E-state index contributed by atoms with van der Waals surface area (Å²) in [5.41, 5.74) is 3.45. The van der Waals surface area contributed by atoms with Gasteiger partial charge in [0.25, 0.3) is 5.91 Å². The molecule has 0 bridgehead atoms. The standard InChI is InChI=1S/C21H27NO2/c1-15-10-11-16(2)20(14-15)24-18(4)21(23)22-17(3)12-13-19-8-6-5-7-9-19/h5-11,14,17-18H,12-13H2,1-4H3,(H,22,23). The van der Waals surface area contributed by atoms with Crippen LogP contribution in [-0.4, -0.2) is 18.1 Å².